The van der Waals surface area contributed by atoms with Crippen LogP contribution in [0.3, 0.4) is 0 Å². The first kappa shape index (κ1) is 15.0. The van der Waals surface area contributed by atoms with Gasteiger partial charge in [-0.05, 0) is 23.3 Å². The van der Waals surface area contributed by atoms with Crippen LogP contribution >= 0.6 is 31.9 Å². The Bertz CT molecular complexity index is 897. The molecular weight excluding hydrogens is 404 g/mol. The molecule has 0 aromatic heterocycles. The van der Waals surface area contributed by atoms with Gasteiger partial charge in [0.2, 0.25) is 0 Å². The third-order valence-electron chi connectivity index (χ3n) is 3.78. The first-order valence-electron chi connectivity index (χ1n) is 6.66. The normalized spacial score (nSPS) is 10.5. The van der Waals surface area contributed by atoms with Gasteiger partial charge in [-0.15, -0.1) is 0 Å². The van der Waals surface area contributed by atoms with Crippen molar-refractivity contribution in [3.05, 3.63) is 58.7 Å². The lowest BCUT2D eigenvalue weighted by Gasteiger charge is -2.11. The monoisotopic (exact) mass is 412 g/mol. The predicted molar refractivity (Wildman–Crippen MR) is 96.1 cm³/mol. The Hall–Kier alpha value is -1.88. The van der Waals surface area contributed by atoms with Gasteiger partial charge in [0.15, 0.2) is 0 Å². The zero-order valence-electron chi connectivity index (χ0n) is 11.5. The molecule has 0 fully saturated rings. The Morgan fingerprint density at radius 1 is 0.682 bits per heavy atom. The smallest absolute Gasteiger partial charge is 0.100 e. The van der Waals surface area contributed by atoms with E-state index in [1.165, 1.54) is 0 Å². The van der Waals surface area contributed by atoms with Crippen LogP contribution in [-0.2, 0) is 10.7 Å². The molecule has 0 heterocycles. The topological polar surface area (TPSA) is 47.6 Å². The van der Waals surface area contributed by atoms with Gasteiger partial charge in [-0.25, -0.2) is 0 Å². The zero-order valence-corrected chi connectivity index (χ0v) is 14.7. The van der Waals surface area contributed by atoms with E-state index in [2.05, 4.69) is 44.0 Å². The quantitative estimate of drug-likeness (QED) is 0.409. The fraction of sp³-hybridized carbons (Fsp3) is 0.111. The number of hydrogen-bond acceptors (Lipinski definition) is 2. The maximum Gasteiger partial charge on any atom is 0.100 e. The van der Waals surface area contributed by atoms with Crippen LogP contribution < -0.4 is 0 Å². The molecule has 0 N–H and O–H groups in total. The van der Waals surface area contributed by atoms with E-state index < -0.39 is 0 Å². The Kier molecular flexibility index (Phi) is 4.16. The summed E-state index contributed by atoms with van der Waals surface area (Å²) in [6.07, 6.45) is 0. The van der Waals surface area contributed by atoms with E-state index in [9.17, 15) is 10.5 Å². The highest BCUT2D eigenvalue weighted by molar-refractivity contribution is 9.08. The summed E-state index contributed by atoms with van der Waals surface area (Å²) in [5, 5.41) is 24.1. The fourth-order valence-electron chi connectivity index (χ4n) is 2.73. The van der Waals surface area contributed by atoms with Gasteiger partial charge >= 0.3 is 0 Å². The molecule has 0 aliphatic heterocycles. The van der Waals surface area contributed by atoms with Crippen molar-refractivity contribution >= 4 is 53.4 Å². The van der Waals surface area contributed by atoms with E-state index in [-0.39, 0.29) is 0 Å². The third kappa shape index (κ3) is 2.29. The molecule has 2 nitrogen and oxygen atoms in total. The minimum atomic E-state index is 0.632. The number of nitrogens with zero attached hydrogens (tertiary/aromatic N) is 2. The molecule has 3 aromatic rings. The lowest BCUT2D eigenvalue weighted by atomic mass is 9.91. The number of halogens is 2. The SMILES string of the molecule is N#Cc1c2ccc(CBr)cc2c(C#N)c2ccc(CBr)cc12. The molecule has 0 aliphatic rings. The first-order valence-corrected chi connectivity index (χ1v) is 8.91. The highest BCUT2D eigenvalue weighted by Gasteiger charge is 2.14. The summed E-state index contributed by atoms with van der Waals surface area (Å²) in [4.78, 5) is 0. The highest BCUT2D eigenvalue weighted by Crippen LogP contribution is 2.34. The molecule has 0 spiro atoms. The lowest BCUT2D eigenvalue weighted by Crippen LogP contribution is -1.92. The molecule has 0 aliphatic carbocycles. The van der Waals surface area contributed by atoms with Gasteiger partial charge < -0.3 is 0 Å². The van der Waals surface area contributed by atoms with E-state index in [0.29, 0.717) is 11.1 Å². The van der Waals surface area contributed by atoms with Crippen LogP contribution in [0.15, 0.2) is 36.4 Å². The largest absolute Gasteiger partial charge is 0.192 e. The number of benzene rings is 3. The van der Waals surface area contributed by atoms with Crippen LogP contribution in [0.5, 0.6) is 0 Å². The average molecular weight is 414 g/mol. The maximum absolute atomic E-state index is 9.63. The van der Waals surface area contributed by atoms with Gasteiger partial charge in [-0.3, -0.25) is 0 Å². The van der Waals surface area contributed by atoms with Gasteiger partial charge in [0.1, 0.15) is 12.1 Å². The average Bonchev–Trinajstić information content (AvgIpc) is 2.58. The molecule has 0 atom stereocenters. The molecule has 0 saturated carbocycles. The summed E-state index contributed by atoms with van der Waals surface area (Å²) in [5.74, 6) is 0. The van der Waals surface area contributed by atoms with Crippen molar-refractivity contribution in [2.45, 2.75) is 10.7 Å². The molecule has 4 heteroatoms. The van der Waals surface area contributed by atoms with Crippen molar-refractivity contribution in [3.8, 4) is 12.1 Å². The van der Waals surface area contributed by atoms with Crippen LogP contribution in [0.1, 0.15) is 22.3 Å². The third-order valence-corrected chi connectivity index (χ3v) is 5.07. The van der Waals surface area contributed by atoms with E-state index in [1.54, 1.807) is 0 Å². The second kappa shape index (κ2) is 6.08. The second-order valence-corrected chi connectivity index (χ2v) is 6.12. The second-order valence-electron chi connectivity index (χ2n) is 5.00. The van der Waals surface area contributed by atoms with Crippen molar-refractivity contribution in [1.82, 2.24) is 0 Å². The molecular formula is C18H10Br2N2. The van der Waals surface area contributed by atoms with Crippen molar-refractivity contribution in [2.75, 3.05) is 0 Å². The molecule has 106 valence electrons. The van der Waals surface area contributed by atoms with Crippen LogP contribution in [0, 0.1) is 22.7 Å². The van der Waals surface area contributed by atoms with Crippen molar-refractivity contribution < 1.29 is 0 Å². The summed E-state index contributed by atoms with van der Waals surface area (Å²) < 4.78 is 0. The van der Waals surface area contributed by atoms with Crippen LogP contribution in [0.2, 0.25) is 0 Å². The number of hydrogen-bond donors (Lipinski definition) is 0. The zero-order chi connectivity index (χ0) is 15.7. The van der Waals surface area contributed by atoms with E-state index in [0.717, 1.165) is 43.3 Å². The Balaban J connectivity index is 2.58. The summed E-state index contributed by atoms with van der Waals surface area (Å²) in [5.41, 5.74) is 3.44. The highest BCUT2D eigenvalue weighted by atomic mass is 79.9. The molecule has 0 amide bonds. The summed E-state index contributed by atoms with van der Waals surface area (Å²) in [6, 6.07) is 16.5. The molecule has 0 unspecified atom stereocenters. The number of fused-ring (bicyclic) bond motifs is 2. The molecule has 0 saturated heterocycles. The van der Waals surface area contributed by atoms with E-state index >= 15 is 0 Å². The molecule has 3 rings (SSSR count). The summed E-state index contributed by atoms with van der Waals surface area (Å²) in [6.45, 7) is 0. The molecule has 22 heavy (non-hydrogen) atoms. The molecule has 0 bridgehead atoms. The maximum atomic E-state index is 9.63. The van der Waals surface area contributed by atoms with Crippen LogP contribution in [-0.4, -0.2) is 0 Å². The first-order chi connectivity index (χ1) is 10.7. The van der Waals surface area contributed by atoms with E-state index in [4.69, 9.17) is 0 Å². The van der Waals surface area contributed by atoms with Crippen molar-refractivity contribution in [2.24, 2.45) is 0 Å². The van der Waals surface area contributed by atoms with E-state index in [1.807, 2.05) is 36.4 Å². The van der Waals surface area contributed by atoms with Crippen molar-refractivity contribution in [3.63, 3.8) is 0 Å². The predicted octanol–water partition coefficient (Wildman–Crippen LogP) is 5.53. The molecule has 3 aromatic carbocycles. The number of alkyl halides is 2. The van der Waals surface area contributed by atoms with Crippen molar-refractivity contribution in [1.29, 1.82) is 10.5 Å². The van der Waals surface area contributed by atoms with Gasteiger partial charge in [0.25, 0.3) is 0 Å². The van der Waals surface area contributed by atoms with Gasteiger partial charge in [0.05, 0.1) is 11.1 Å². The fourth-order valence-corrected chi connectivity index (χ4v) is 3.43. The Morgan fingerprint density at radius 2 is 1.09 bits per heavy atom. The molecule has 0 radical (unpaired) electrons. The number of nitriles is 2. The van der Waals surface area contributed by atoms with Gasteiger partial charge in [-0.1, -0.05) is 56.1 Å². The Morgan fingerprint density at radius 3 is 1.41 bits per heavy atom. The summed E-state index contributed by atoms with van der Waals surface area (Å²) in [7, 11) is 0. The van der Waals surface area contributed by atoms with Gasteiger partial charge in [-0.2, -0.15) is 10.5 Å². The summed E-state index contributed by atoms with van der Waals surface area (Å²) >= 11 is 6.88. The van der Waals surface area contributed by atoms with Crippen LogP contribution in [0.4, 0.5) is 0 Å². The minimum absolute atomic E-state index is 0.632. The van der Waals surface area contributed by atoms with Crippen LogP contribution in [0.25, 0.3) is 21.5 Å². The minimum Gasteiger partial charge on any atom is -0.192 e. The lowest BCUT2D eigenvalue weighted by molar-refractivity contribution is 1.44. The Labute approximate surface area is 145 Å². The standard InChI is InChI=1S/C18H10Br2N2/c19-7-11-1-3-13-15(5-11)18(10-22)14-4-2-12(8-20)6-16(14)17(13)9-21/h1-6H,7-8H2. The van der Waals surface area contributed by atoms with Gasteiger partial charge in [0, 0.05) is 32.2 Å². The number of rotatable bonds is 2.